The van der Waals surface area contributed by atoms with Crippen LogP contribution in [0.1, 0.15) is 6.92 Å². The van der Waals surface area contributed by atoms with Gasteiger partial charge in [-0.3, -0.25) is 13.7 Å². The molecule has 0 aliphatic heterocycles. The summed E-state index contributed by atoms with van der Waals surface area (Å²) in [6, 6.07) is 13.9. The minimum Gasteiger partial charge on any atom is -0.505 e. The number of rotatable bonds is 16. The van der Waals surface area contributed by atoms with Crippen molar-refractivity contribution in [1.29, 1.82) is 0 Å². The van der Waals surface area contributed by atoms with Crippen LogP contribution in [0.4, 0.5) is 56.1 Å². The van der Waals surface area contributed by atoms with Gasteiger partial charge in [0.2, 0.25) is 11.9 Å². The predicted molar refractivity (Wildman–Crippen MR) is 238 cm³/mol. The van der Waals surface area contributed by atoms with E-state index in [0.717, 1.165) is 47.9 Å². The highest BCUT2D eigenvalue weighted by molar-refractivity contribution is 7.94. The molecule has 0 amide bonds. The Morgan fingerprint density at radius 1 is 0.701 bits per heavy atom. The summed E-state index contributed by atoms with van der Waals surface area (Å²) >= 11 is 0. The number of azo groups is 2. The van der Waals surface area contributed by atoms with E-state index in [4.69, 9.17) is 5.73 Å². The van der Waals surface area contributed by atoms with Crippen LogP contribution in [0.25, 0.3) is 10.8 Å². The Labute approximate surface area is 379 Å². The second-order valence-electron chi connectivity index (χ2n) is 13.3. The van der Waals surface area contributed by atoms with Crippen molar-refractivity contribution in [3.8, 4) is 5.75 Å². The SMILES string of the molecule is C=CS(=O)(=O)c1ccc(N=Nc2c(S(=O)(=O)O)cc3cc(S(=O)(=O)O)c(N=Nc4cc(Nc5nc(F)nc(N(CC)c6cccc(S(=O)(=O)C=C)c6)n5)ccc4S(=O)(=O)O)c(O)c3c2N)cc1. The third-order valence-electron chi connectivity index (χ3n) is 9.10. The monoisotopic (exact) mass is 1020 g/mol. The highest BCUT2D eigenvalue weighted by atomic mass is 32.2. The van der Waals surface area contributed by atoms with Crippen LogP contribution < -0.4 is 16.0 Å². The standard InChI is InChI=1S/C37H31FN10O14S5/c1-4-48(23-8-7-9-25(19-23)64(52,53)6-3)37-42-35(38)41-36(43-37)40-22-12-15-27(65(54,55)56)26(18-22)45-47-33-29(67(60,61)62)17-20-16-28(66(57,58)59)32(31(39)30(20)34(33)49)46-44-21-10-13-24(14-11-21)63(50,51)5-2/h5-19,49H,2-4,39H2,1H3,(H,54,55,56)(H,57,58,59)(H,60,61,62)(H,40,41,42,43). The first kappa shape index (κ1) is 49.2. The number of anilines is 5. The lowest BCUT2D eigenvalue weighted by atomic mass is 10.1. The molecule has 1 heterocycles. The summed E-state index contributed by atoms with van der Waals surface area (Å²) in [5.74, 6) is -2.08. The number of phenolic OH excluding ortho intramolecular Hbond substituents is 1. The fraction of sp³-hybridized carbons (Fsp3) is 0.0541. The van der Waals surface area contributed by atoms with Crippen molar-refractivity contribution >= 4 is 113 Å². The summed E-state index contributed by atoms with van der Waals surface area (Å²) in [6.07, 6.45) is -1.33. The molecule has 0 aliphatic rings. The maximum Gasteiger partial charge on any atom is 0.315 e. The lowest BCUT2D eigenvalue weighted by Gasteiger charge is -2.21. The number of benzene rings is 5. The molecule has 67 heavy (non-hydrogen) atoms. The fourth-order valence-corrected chi connectivity index (χ4v) is 9.40. The first-order valence-corrected chi connectivity index (χ1v) is 25.5. The van der Waals surface area contributed by atoms with Gasteiger partial charge in [0.05, 0.1) is 26.6 Å². The first-order valence-electron chi connectivity index (χ1n) is 18.1. The van der Waals surface area contributed by atoms with Crippen molar-refractivity contribution in [2.24, 2.45) is 20.5 Å². The molecule has 6 aromatic rings. The van der Waals surface area contributed by atoms with Crippen molar-refractivity contribution in [1.82, 2.24) is 15.0 Å². The average molecular weight is 1020 g/mol. The quantitative estimate of drug-likeness (QED) is 0.0331. The number of nitrogens with one attached hydrogen (secondary N) is 1. The molecule has 30 heteroatoms. The van der Waals surface area contributed by atoms with Gasteiger partial charge < -0.3 is 21.1 Å². The largest absolute Gasteiger partial charge is 0.505 e. The van der Waals surface area contributed by atoms with E-state index < -0.39 is 116 Å². The molecule has 1 aromatic heterocycles. The summed E-state index contributed by atoms with van der Waals surface area (Å²) in [5.41, 5.74) is 2.63. The second-order valence-corrected chi connectivity index (χ2v) is 21.3. The molecule has 0 atom stereocenters. The average Bonchev–Trinajstić information content (AvgIpc) is 3.24. The molecule has 0 spiro atoms. The number of halogens is 1. The summed E-state index contributed by atoms with van der Waals surface area (Å²) in [5, 5.41) is 29.3. The van der Waals surface area contributed by atoms with Gasteiger partial charge in [-0.1, -0.05) is 19.2 Å². The smallest absolute Gasteiger partial charge is 0.315 e. The van der Waals surface area contributed by atoms with Crippen LogP contribution in [0.3, 0.4) is 0 Å². The number of hydrogen-bond donors (Lipinski definition) is 6. The van der Waals surface area contributed by atoms with E-state index in [1.54, 1.807) is 6.92 Å². The lowest BCUT2D eigenvalue weighted by Crippen LogP contribution is -2.20. The van der Waals surface area contributed by atoms with E-state index in [9.17, 15) is 65.2 Å². The second kappa shape index (κ2) is 18.2. The Morgan fingerprint density at radius 3 is 1.87 bits per heavy atom. The van der Waals surface area contributed by atoms with Crippen LogP contribution >= 0.6 is 0 Å². The summed E-state index contributed by atoms with van der Waals surface area (Å²) in [6.45, 7) is 8.21. The van der Waals surface area contributed by atoms with Crippen LogP contribution in [0, 0.1) is 6.08 Å². The van der Waals surface area contributed by atoms with Crippen LogP contribution in [0.5, 0.6) is 5.75 Å². The third kappa shape index (κ3) is 10.6. The van der Waals surface area contributed by atoms with Crippen molar-refractivity contribution in [3.05, 3.63) is 109 Å². The van der Waals surface area contributed by atoms with Crippen LogP contribution in [-0.4, -0.2) is 82.4 Å². The molecule has 0 saturated carbocycles. The summed E-state index contributed by atoms with van der Waals surface area (Å²) in [4.78, 5) is 9.12. The molecule has 7 N–H and O–H groups in total. The topological polar surface area (TPSA) is 381 Å². The lowest BCUT2D eigenvalue weighted by molar-refractivity contribution is 0.472. The van der Waals surface area contributed by atoms with E-state index in [0.29, 0.717) is 17.5 Å². The van der Waals surface area contributed by atoms with Gasteiger partial charge in [0.15, 0.2) is 25.4 Å². The number of nitrogens with zero attached hydrogens (tertiary/aromatic N) is 8. The number of nitrogens with two attached hydrogens (primary N) is 1. The zero-order valence-corrected chi connectivity index (χ0v) is 37.8. The molecule has 0 bridgehead atoms. The molecular formula is C37H31FN10O14S5. The minimum atomic E-state index is -5.46. The van der Waals surface area contributed by atoms with Gasteiger partial charge in [-0.2, -0.15) is 49.7 Å². The van der Waals surface area contributed by atoms with E-state index in [1.165, 1.54) is 29.2 Å². The molecule has 0 saturated heterocycles. The van der Waals surface area contributed by atoms with Gasteiger partial charge in [0, 0.05) is 28.7 Å². The predicted octanol–water partition coefficient (Wildman–Crippen LogP) is 6.76. The number of nitrogen functional groups attached to an aromatic ring is 1. The highest BCUT2D eigenvalue weighted by Crippen LogP contribution is 2.48. The minimum absolute atomic E-state index is 0.0704. The molecule has 0 unspecified atom stereocenters. The molecule has 24 nitrogen and oxygen atoms in total. The van der Waals surface area contributed by atoms with Crippen molar-refractivity contribution in [2.75, 3.05) is 22.5 Å². The molecular weight excluding hydrogens is 988 g/mol. The Balaban J connectivity index is 1.46. The van der Waals surface area contributed by atoms with E-state index >= 15 is 0 Å². The van der Waals surface area contributed by atoms with Crippen LogP contribution in [0.2, 0.25) is 0 Å². The Kier molecular flexibility index (Phi) is 13.4. The molecule has 350 valence electrons. The normalized spacial score (nSPS) is 12.7. The van der Waals surface area contributed by atoms with Crippen LogP contribution in [0.15, 0.2) is 148 Å². The molecule has 0 radical (unpaired) electrons. The molecule has 0 aliphatic carbocycles. The highest BCUT2D eigenvalue weighted by Gasteiger charge is 2.29. The number of phenols is 1. The Hall–Kier alpha value is -7.19. The van der Waals surface area contributed by atoms with Gasteiger partial charge in [0.1, 0.15) is 31.7 Å². The number of sulfone groups is 2. The van der Waals surface area contributed by atoms with Gasteiger partial charge in [0.25, 0.3) is 30.4 Å². The van der Waals surface area contributed by atoms with E-state index in [2.05, 4.69) is 53.9 Å². The molecule has 0 fully saturated rings. The number of fused-ring (bicyclic) bond motifs is 1. The Morgan fingerprint density at radius 2 is 1.28 bits per heavy atom. The number of hydrogen-bond acceptors (Lipinski definition) is 21. The van der Waals surface area contributed by atoms with Crippen LogP contribution in [-0.2, 0) is 50.0 Å². The molecule has 6 rings (SSSR count). The maximum absolute atomic E-state index is 14.9. The number of aromatic hydroxyl groups is 1. The van der Waals surface area contributed by atoms with E-state index in [-0.39, 0.29) is 39.3 Å². The van der Waals surface area contributed by atoms with Crippen molar-refractivity contribution in [3.63, 3.8) is 0 Å². The first-order chi connectivity index (χ1) is 31.2. The maximum atomic E-state index is 14.9. The summed E-state index contributed by atoms with van der Waals surface area (Å²) < 4.78 is 170. The zero-order chi connectivity index (χ0) is 49.4. The van der Waals surface area contributed by atoms with Gasteiger partial charge >= 0.3 is 6.08 Å². The Bertz CT molecular complexity index is 3690. The zero-order valence-electron chi connectivity index (χ0n) is 33.7. The van der Waals surface area contributed by atoms with E-state index in [1.807, 2.05) is 0 Å². The fourth-order valence-electron chi connectivity index (χ4n) is 6.02. The third-order valence-corrected chi connectivity index (χ3v) is 14.5. The van der Waals surface area contributed by atoms with Gasteiger partial charge in [-0.05, 0) is 85.1 Å². The van der Waals surface area contributed by atoms with Gasteiger partial charge in [-0.15, -0.1) is 15.3 Å². The van der Waals surface area contributed by atoms with Gasteiger partial charge in [-0.25, -0.2) is 16.8 Å². The van der Waals surface area contributed by atoms with Crippen molar-refractivity contribution < 1.29 is 65.2 Å². The molecule has 5 aromatic carbocycles. The van der Waals surface area contributed by atoms with Crippen molar-refractivity contribution in [2.45, 2.75) is 31.4 Å². The summed E-state index contributed by atoms with van der Waals surface area (Å²) in [7, 11) is -23.7. The number of aromatic nitrogens is 3.